The van der Waals surface area contributed by atoms with Crippen molar-refractivity contribution in [2.24, 2.45) is 11.5 Å². The van der Waals surface area contributed by atoms with Crippen LogP contribution in [-0.2, 0) is 23.9 Å². The van der Waals surface area contributed by atoms with Gasteiger partial charge in [-0.1, -0.05) is 53.7 Å². The molecular weight excluding hydrogens is 549 g/mol. The minimum absolute atomic E-state index is 0.0407. The van der Waals surface area contributed by atoms with Gasteiger partial charge in [-0.15, -0.1) is 23.5 Å². The number of benzene rings is 3. The number of phenols is 2. The van der Waals surface area contributed by atoms with E-state index in [9.17, 15) is 10.2 Å². The molecule has 224 valence electrons. The highest BCUT2D eigenvalue weighted by atomic mass is 32.2. The van der Waals surface area contributed by atoms with Crippen LogP contribution in [0.1, 0.15) is 69.4 Å². The quantitative estimate of drug-likeness (QED) is 0.143. The first kappa shape index (κ1) is 33.0. The third kappa shape index (κ3) is 7.47. The fourth-order valence-electron chi connectivity index (χ4n) is 5.02. The zero-order valence-corrected chi connectivity index (χ0v) is 27.8. The zero-order valence-electron chi connectivity index (χ0n) is 26.1. The van der Waals surface area contributed by atoms with Gasteiger partial charge < -0.3 is 31.5 Å². The molecule has 3 aromatic carbocycles. The van der Waals surface area contributed by atoms with E-state index in [1.54, 1.807) is 35.7 Å². The first-order valence-electron chi connectivity index (χ1n) is 14.0. The molecule has 0 aliphatic heterocycles. The molecule has 0 aliphatic carbocycles. The van der Waals surface area contributed by atoms with Crippen LogP contribution in [0.4, 0.5) is 11.4 Å². The second-order valence-corrected chi connectivity index (χ2v) is 14.2. The summed E-state index contributed by atoms with van der Waals surface area (Å²) in [7, 11) is 0. The van der Waals surface area contributed by atoms with E-state index in [4.69, 9.17) is 11.5 Å². The molecular formula is C33H48N4O2S2. The number of thioether (sulfide) groups is 2. The Labute approximate surface area is 255 Å². The highest BCUT2D eigenvalue weighted by molar-refractivity contribution is 7.99. The average Bonchev–Trinajstić information content (AvgIpc) is 2.90. The van der Waals surface area contributed by atoms with Crippen LogP contribution in [0.5, 0.6) is 11.5 Å². The molecule has 0 saturated carbocycles. The van der Waals surface area contributed by atoms with Crippen molar-refractivity contribution in [3.05, 3.63) is 70.3 Å². The van der Waals surface area contributed by atoms with Gasteiger partial charge in [-0.3, -0.25) is 0 Å². The number of nitrogens with two attached hydrogens (primary N) is 2. The lowest BCUT2D eigenvalue weighted by Crippen LogP contribution is -2.33. The molecule has 0 aromatic heterocycles. The first-order valence-corrected chi connectivity index (χ1v) is 16.4. The lowest BCUT2D eigenvalue weighted by Gasteiger charge is -2.34. The number of hydrogen-bond acceptors (Lipinski definition) is 8. The van der Waals surface area contributed by atoms with Crippen LogP contribution in [0, 0.1) is 6.92 Å². The standard InChI is InChI=1S/C33H48N4O2S2/c1-21-14-28(40-8)30(37(20-35)18-23-16-25(33(5,6)7)11-13-27(23)39)31(41-9)29(21)36(19-34)17-22-15-24(32(2,3)4)10-12-26(22)38/h10-16,38-39H,17-20,34-35H2,1-9H3. The van der Waals surface area contributed by atoms with Crippen molar-refractivity contribution < 1.29 is 10.2 Å². The Morgan fingerprint density at radius 3 is 1.49 bits per heavy atom. The molecule has 0 radical (unpaired) electrons. The van der Waals surface area contributed by atoms with Crippen molar-refractivity contribution in [2.75, 3.05) is 35.6 Å². The number of aryl methyl sites for hydroxylation is 1. The van der Waals surface area contributed by atoms with Gasteiger partial charge in [-0.25, -0.2) is 0 Å². The molecule has 0 saturated heterocycles. The van der Waals surface area contributed by atoms with E-state index in [2.05, 4.69) is 89.0 Å². The highest BCUT2D eigenvalue weighted by Gasteiger charge is 2.26. The van der Waals surface area contributed by atoms with E-state index in [0.717, 1.165) is 49.0 Å². The predicted molar refractivity (Wildman–Crippen MR) is 179 cm³/mol. The first-order chi connectivity index (χ1) is 19.2. The average molecular weight is 597 g/mol. The lowest BCUT2D eigenvalue weighted by molar-refractivity contribution is 0.465. The molecule has 0 aliphatic rings. The third-order valence-corrected chi connectivity index (χ3v) is 9.04. The van der Waals surface area contributed by atoms with E-state index in [1.807, 2.05) is 12.1 Å². The second kappa shape index (κ2) is 13.2. The smallest absolute Gasteiger partial charge is 0.120 e. The van der Waals surface area contributed by atoms with Gasteiger partial charge in [0.05, 0.1) is 29.6 Å². The van der Waals surface area contributed by atoms with Crippen LogP contribution in [0.25, 0.3) is 0 Å². The van der Waals surface area contributed by atoms with Crippen LogP contribution in [0.3, 0.4) is 0 Å². The second-order valence-electron chi connectivity index (χ2n) is 12.6. The van der Waals surface area contributed by atoms with Crippen molar-refractivity contribution in [2.45, 2.75) is 82.2 Å². The SMILES string of the molecule is CSc1cc(C)c(N(CN)Cc2cc(C(C)(C)C)ccc2O)c(SC)c1N(CN)Cc1cc(C(C)(C)C)ccc1O. The minimum atomic E-state index is -0.0423. The Bertz CT molecular complexity index is 1360. The van der Waals surface area contributed by atoms with Crippen LogP contribution in [0.2, 0.25) is 0 Å². The molecule has 0 atom stereocenters. The number of rotatable bonds is 10. The van der Waals surface area contributed by atoms with Crippen molar-refractivity contribution in [3.63, 3.8) is 0 Å². The Balaban J connectivity index is 2.15. The summed E-state index contributed by atoms with van der Waals surface area (Å²) in [5.74, 6) is 0.525. The Hall–Kier alpha value is -2.52. The summed E-state index contributed by atoms with van der Waals surface area (Å²) in [6, 6.07) is 13.9. The molecule has 0 unspecified atom stereocenters. The summed E-state index contributed by atoms with van der Waals surface area (Å²) < 4.78 is 0. The van der Waals surface area contributed by atoms with E-state index in [-0.39, 0.29) is 35.7 Å². The molecule has 41 heavy (non-hydrogen) atoms. The normalized spacial score (nSPS) is 12.1. The van der Waals surface area contributed by atoms with Crippen molar-refractivity contribution in [3.8, 4) is 11.5 Å². The summed E-state index contributed by atoms with van der Waals surface area (Å²) in [5.41, 5.74) is 19.9. The van der Waals surface area contributed by atoms with E-state index >= 15 is 0 Å². The van der Waals surface area contributed by atoms with Gasteiger partial charge in [0.1, 0.15) is 11.5 Å². The topological polar surface area (TPSA) is 99.0 Å². The number of phenolic OH excluding ortho intramolecular Hbond substituents is 2. The largest absolute Gasteiger partial charge is 0.508 e. The van der Waals surface area contributed by atoms with Gasteiger partial charge in [0.15, 0.2) is 0 Å². The molecule has 0 bridgehead atoms. The zero-order chi connectivity index (χ0) is 30.7. The number of nitrogens with zero attached hydrogens (tertiary/aromatic N) is 2. The lowest BCUT2D eigenvalue weighted by atomic mass is 9.86. The fourth-order valence-corrected chi connectivity index (χ4v) is 6.72. The maximum absolute atomic E-state index is 10.8. The van der Waals surface area contributed by atoms with Gasteiger partial charge in [0.2, 0.25) is 0 Å². The van der Waals surface area contributed by atoms with Gasteiger partial charge in [0, 0.05) is 29.1 Å². The maximum atomic E-state index is 10.8. The van der Waals surface area contributed by atoms with Gasteiger partial charge >= 0.3 is 0 Å². The molecule has 0 heterocycles. The fraction of sp³-hybridized carbons (Fsp3) is 0.455. The van der Waals surface area contributed by atoms with E-state index in [1.165, 1.54) is 0 Å². The summed E-state index contributed by atoms with van der Waals surface area (Å²) in [6.07, 6.45) is 4.15. The van der Waals surface area contributed by atoms with E-state index in [0.29, 0.717) is 13.1 Å². The molecule has 6 N–H and O–H groups in total. The molecule has 3 aromatic rings. The highest BCUT2D eigenvalue weighted by Crippen LogP contribution is 2.46. The van der Waals surface area contributed by atoms with E-state index < -0.39 is 0 Å². The Kier molecular flexibility index (Phi) is 10.6. The molecule has 0 amide bonds. The van der Waals surface area contributed by atoms with Crippen molar-refractivity contribution in [1.82, 2.24) is 0 Å². The summed E-state index contributed by atoms with van der Waals surface area (Å²) in [4.78, 5) is 6.45. The van der Waals surface area contributed by atoms with Crippen LogP contribution < -0.4 is 21.3 Å². The summed E-state index contributed by atoms with van der Waals surface area (Å²) in [6.45, 7) is 16.6. The van der Waals surface area contributed by atoms with Crippen molar-refractivity contribution >= 4 is 34.9 Å². The molecule has 8 heteroatoms. The number of aromatic hydroxyl groups is 2. The summed E-state index contributed by atoms with van der Waals surface area (Å²) in [5, 5.41) is 21.6. The third-order valence-electron chi connectivity index (χ3n) is 7.50. The van der Waals surface area contributed by atoms with Gasteiger partial charge in [0.25, 0.3) is 0 Å². The van der Waals surface area contributed by atoms with Crippen molar-refractivity contribution in [1.29, 1.82) is 0 Å². The van der Waals surface area contributed by atoms with Gasteiger partial charge in [-0.2, -0.15) is 0 Å². The summed E-state index contributed by atoms with van der Waals surface area (Å²) >= 11 is 3.35. The maximum Gasteiger partial charge on any atom is 0.120 e. The molecule has 3 rings (SSSR count). The van der Waals surface area contributed by atoms with Crippen LogP contribution in [-0.4, -0.2) is 36.1 Å². The molecule has 6 nitrogen and oxygen atoms in total. The number of anilines is 2. The van der Waals surface area contributed by atoms with Crippen LogP contribution in [0.15, 0.2) is 52.3 Å². The minimum Gasteiger partial charge on any atom is -0.508 e. The monoisotopic (exact) mass is 596 g/mol. The van der Waals surface area contributed by atoms with Crippen LogP contribution >= 0.6 is 23.5 Å². The Morgan fingerprint density at radius 2 is 1.12 bits per heavy atom. The number of hydrogen-bond donors (Lipinski definition) is 4. The Morgan fingerprint density at radius 1 is 0.683 bits per heavy atom. The van der Waals surface area contributed by atoms with Gasteiger partial charge in [-0.05, 0) is 77.3 Å². The molecule has 0 spiro atoms. The predicted octanol–water partition coefficient (Wildman–Crippen LogP) is 7.29. The molecule has 0 fully saturated rings.